The summed E-state index contributed by atoms with van der Waals surface area (Å²) in [6, 6.07) is 0. The van der Waals surface area contributed by atoms with E-state index in [9.17, 15) is 39.5 Å². The van der Waals surface area contributed by atoms with Crippen molar-refractivity contribution in [2.45, 2.75) is 124 Å². The lowest BCUT2D eigenvalue weighted by atomic mass is 9.90. The Morgan fingerprint density at radius 1 is 0.533 bits per heavy atom. The van der Waals surface area contributed by atoms with Crippen LogP contribution in [-0.4, -0.2) is 33.3 Å². The first kappa shape index (κ1) is 28.1. The van der Waals surface area contributed by atoms with Crippen molar-refractivity contribution in [3.8, 4) is 0 Å². The molecule has 0 saturated heterocycles. The Kier molecular flexibility index (Phi) is 10.1. The zero-order valence-electron chi connectivity index (χ0n) is 17.0. The van der Waals surface area contributed by atoms with E-state index in [1.807, 2.05) is 0 Å². The van der Waals surface area contributed by atoms with Crippen LogP contribution in [0, 0.1) is 0 Å². The van der Waals surface area contributed by atoms with E-state index in [0.717, 1.165) is 32.1 Å². The molecule has 0 heterocycles. The van der Waals surface area contributed by atoms with Gasteiger partial charge in [-0.3, -0.25) is 0 Å². The fraction of sp³-hybridized carbons (Fsp3) is 1.00. The number of hydrogen-bond acceptors (Lipinski definition) is 0. The zero-order chi connectivity index (χ0) is 23.3. The normalized spacial score (nSPS) is 24.1. The number of hydrogen-bond donors (Lipinski definition) is 0. The maximum absolute atomic E-state index is 14.5. The van der Waals surface area contributed by atoms with Gasteiger partial charge in [0.15, 0.2) is 0 Å². The Morgan fingerprint density at radius 2 is 0.867 bits per heavy atom. The fourth-order valence-electron chi connectivity index (χ4n) is 3.78. The summed E-state index contributed by atoms with van der Waals surface area (Å²) in [7, 11) is 0. The highest BCUT2D eigenvalue weighted by Crippen LogP contribution is 2.70. The van der Waals surface area contributed by atoms with Crippen LogP contribution in [0.25, 0.3) is 0 Å². The van der Waals surface area contributed by atoms with E-state index in [-0.39, 0.29) is 6.42 Å². The van der Waals surface area contributed by atoms with Crippen LogP contribution in [0.15, 0.2) is 0 Å². The van der Waals surface area contributed by atoms with E-state index < -0.39 is 39.7 Å². The summed E-state index contributed by atoms with van der Waals surface area (Å²) in [5.41, 5.74) is -5.31. The lowest BCUT2D eigenvalue weighted by Gasteiger charge is -2.32. The van der Waals surface area contributed by atoms with Crippen LogP contribution in [-0.2, 0) is 0 Å². The summed E-state index contributed by atoms with van der Waals surface area (Å²) in [5, 5.41) is 0. The summed E-state index contributed by atoms with van der Waals surface area (Å²) < 4.78 is 121. The Balaban J connectivity index is 2.42. The van der Waals surface area contributed by atoms with Crippen LogP contribution >= 0.6 is 22.6 Å². The quantitative estimate of drug-likeness (QED) is 0.0849. The lowest BCUT2D eigenvalue weighted by molar-refractivity contribution is -0.303. The second kappa shape index (κ2) is 10.8. The summed E-state index contributed by atoms with van der Waals surface area (Å²) in [6.07, 6.45) is 9.18. The maximum atomic E-state index is 14.5. The molecule has 0 amide bonds. The van der Waals surface area contributed by atoms with Gasteiger partial charge in [-0.2, -0.15) is 35.1 Å². The van der Waals surface area contributed by atoms with Gasteiger partial charge in [0.05, 0.1) is 0 Å². The molecule has 10 heteroatoms. The third-order valence-corrected chi connectivity index (χ3v) is 6.87. The highest BCUT2D eigenvalue weighted by atomic mass is 127. The van der Waals surface area contributed by atoms with Crippen molar-refractivity contribution in [3.63, 3.8) is 0 Å². The third-order valence-electron chi connectivity index (χ3n) is 5.80. The van der Waals surface area contributed by atoms with Crippen LogP contribution in [0.1, 0.15) is 90.4 Å². The van der Waals surface area contributed by atoms with E-state index in [4.69, 9.17) is 0 Å². The van der Waals surface area contributed by atoms with E-state index in [1.54, 1.807) is 0 Å². The highest BCUT2D eigenvalue weighted by molar-refractivity contribution is 14.1. The first-order chi connectivity index (χ1) is 13.7. The summed E-state index contributed by atoms with van der Waals surface area (Å²) >= 11 is 1.39. The van der Waals surface area contributed by atoms with Crippen molar-refractivity contribution in [1.82, 2.24) is 0 Å². The van der Waals surface area contributed by atoms with Crippen LogP contribution in [0.5, 0.6) is 0 Å². The molecule has 0 aromatic heterocycles. The topological polar surface area (TPSA) is 0 Å². The van der Waals surface area contributed by atoms with Gasteiger partial charge in [-0.15, -0.1) is 0 Å². The number of rotatable bonds is 14. The summed E-state index contributed by atoms with van der Waals surface area (Å²) in [6.45, 7) is 2.14. The molecule has 0 radical (unpaired) electrons. The van der Waals surface area contributed by atoms with Crippen LogP contribution in [0.4, 0.5) is 39.5 Å². The van der Waals surface area contributed by atoms with Crippen molar-refractivity contribution >= 4 is 22.6 Å². The van der Waals surface area contributed by atoms with Crippen LogP contribution in [0.3, 0.4) is 0 Å². The van der Waals surface area contributed by atoms with Crippen molar-refractivity contribution in [2.75, 3.05) is 0 Å². The zero-order valence-corrected chi connectivity index (χ0v) is 19.2. The first-order valence-corrected chi connectivity index (χ1v) is 11.8. The molecular weight excluding hydrogens is 538 g/mol. The molecule has 1 aliphatic rings. The minimum absolute atomic E-state index is 0.00650. The van der Waals surface area contributed by atoms with Gasteiger partial charge >= 0.3 is 23.7 Å². The average Bonchev–Trinajstić information content (AvgIpc) is 2.69. The van der Waals surface area contributed by atoms with Gasteiger partial charge in [-0.05, 0) is 6.42 Å². The predicted octanol–water partition coefficient (Wildman–Crippen LogP) is 9.14. The molecule has 180 valence electrons. The molecule has 1 saturated carbocycles. The minimum Gasteiger partial charge on any atom is -0.230 e. The van der Waals surface area contributed by atoms with Gasteiger partial charge in [0.25, 0.3) is 5.67 Å². The van der Waals surface area contributed by atoms with Crippen LogP contribution < -0.4 is 0 Å². The molecule has 0 bridgehead atoms. The van der Waals surface area contributed by atoms with Crippen molar-refractivity contribution in [1.29, 1.82) is 0 Å². The van der Waals surface area contributed by atoms with Gasteiger partial charge in [-0.25, -0.2) is 4.39 Å². The molecule has 1 unspecified atom stereocenters. The molecule has 1 rings (SSSR count). The summed E-state index contributed by atoms with van der Waals surface area (Å²) in [5.74, 6) is -25.3. The van der Waals surface area contributed by atoms with Gasteiger partial charge in [0.1, 0.15) is 0 Å². The standard InChI is InChI=1S/C20H30F9I/c1-2-3-4-5-6-7-8-9-10-11-12-13-15(30)14-16(21)17(22,23)19(26,27)20(28,29)18(16,24)25/h15H,2-14H2,1H3. The van der Waals surface area contributed by atoms with E-state index in [2.05, 4.69) is 6.92 Å². The first-order valence-electron chi connectivity index (χ1n) is 10.5. The molecule has 0 aromatic carbocycles. The number of unbranched alkanes of at least 4 members (excludes halogenated alkanes) is 10. The van der Waals surface area contributed by atoms with Crippen LogP contribution in [0.2, 0.25) is 0 Å². The van der Waals surface area contributed by atoms with Crippen molar-refractivity contribution < 1.29 is 39.5 Å². The molecule has 0 aromatic rings. The van der Waals surface area contributed by atoms with Gasteiger partial charge in [0, 0.05) is 10.3 Å². The van der Waals surface area contributed by atoms with E-state index >= 15 is 0 Å². The smallest absolute Gasteiger partial charge is 0.230 e. The number of alkyl halides is 10. The fourth-order valence-corrected chi connectivity index (χ4v) is 4.83. The Hall–Kier alpha value is 0.1000. The molecule has 30 heavy (non-hydrogen) atoms. The molecule has 1 atom stereocenters. The molecule has 0 aliphatic heterocycles. The monoisotopic (exact) mass is 568 g/mol. The molecule has 0 spiro atoms. The SMILES string of the molecule is CCCCCCCCCCCCCC(I)CC1(F)C(F)(F)C(F)(F)C(F)(F)C1(F)F. The number of halogens is 10. The average molecular weight is 568 g/mol. The Bertz CT molecular complexity index is 496. The lowest BCUT2D eigenvalue weighted by Crippen LogP contribution is -2.55. The molecule has 1 fully saturated rings. The second-order valence-corrected chi connectivity index (χ2v) is 9.99. The van der Waals surface area contributed by atoms with Gasteiger partial charge in [-0.1, -0.05) is 100 Å². The molecule has 0 nitrogen and oxygen atoms in total. The molecular formula is C20H30F9I. The predicted molar refractivity (Wildman–Crippen MR) is 107 cm³/mol. The largest absolute Gasteiger partial charge is 0.381 e. The highest BCUT2D eigenvalue weighted by Gasteiger charge is 3.00. The minimum atomic E-state index is -6.47. The summed E-state index contributed by atoms with van der Waals surface area (Å²) in [4.78, 5) is 0. The Morgan fingerprint density at radius 3 is 1.23 bits per heavy atom. The van der Waals surface area contributed by atoms with Gasteiger partial charge < -0.3 is 0 Å². The third kappa shape index (κ3) is 5.18. The van der Waals surface area contributed by atoms with Crippen molar-refractivity contribution in [2.24, 2.45) is 0 Å². The Labute approximate surface area is 185 Å². The molecule has 0 N–H and O–H groups in total. The van der Waals surface area contributed by atoms with Gasteiger partial charge in [0.2, 0.25) is 0 Å². The van der Waals surface area contributed by atoms with Crippen molar-refractivity contribution in [3.05, 3.63) is 0 Å². The van der Waals surface area contributed by atoms with E-state index in [1.165, 1.54) is 48.3 Å². The maximum Gasteiger partial charge on any atom is 0.381 e. The molecule has 1 aliphatic carbocycles. The second-order valence-electron chi connectivity index (χ2n) is 8.22. The van der Waals surface area contributed by atoms with E-state index in [0.29, 0.717) is 12.8 Å².